The van der Waals surface area contributed by atoms with E-state index in [9.17, 15) is 14.4 Å². The summed E-state index contributed by atoms with van der Waals surface area (Å²) in [5.74, 6) is -0.824. The van der Waals surface area contributed by atoms with Gasteiger partial charge < -0.3 is 10.6 Å². The van der Waals surface area contributed by atoms with Gasteiger partial charge in [-0.3, -0.25) is 24.4 Å². The third kappa shape index (κ3) is 5.73. The molecule has 0 bridgehead atoms. The van der Waals surface area contributed by atoms with Gasteiger partial charge in [-0.1, -0.05) is 36.4 Å². The second kappa shape index (κ2) is 10.1. The lowest BCUT2D eigenvalue weighted by Crippen LogP contribution is -2.37. The first-order valence-electron chi connectivity index (χ1n) is 10.1. The van der Waals surface area contributed by atoms with Gasteiger partial charge in [-0.05, 0) is 28.5 Å². The minimum atomic E-state index is -0.546. The van der Waals surface area contributed by atoms with Gasteiger partial charge in [0.1, 0.15) is 0 Å². The summed E-state index contributed by atoms with van der Waals surface area (Å²) in [6.07, 6.45) is 8.79. The van der Waals surface area contributed by atoms with Crippen molar-refractivity contribution in [3.05, 3.63) is 107 Å². The minimum Gasteiger partial charge on any atom is -0.350 e. The van der Waals surface area contributed by atoms with Gasteiger partial charge in [0.15, 0.2) is 0 Å². The SMILES string of the molecule is O=C(/C=C/c1cnccn1)NCC(NC(=O)c1cn[nH]c(=O)c1)c1ccc2ccccc2c1. The van der Waals surface area contributed by atoms with Crippen LogP contribution in [0.3, 0.4) is 0 Å². The highest BCUT2D eigenvalue weighted by Crippen LogP contribution is 2.20. The quantitative estimate of drug-likeness (QED) is 0.377. The first-order chi connectivity index (χ1) is 16.1. The molecule has 2 aromatic heterocycles. The van der Waals surface area contributed by atoms with Gasteiger partial charge in [-0.15, -0.1) is 0 Å². The van der Waals surface area contributed by atoms with Crippen LogP contribution in [0.1, 0.15) is 27.7 Å². The Morgan fingerprint density at radius 1 is 1.03 bits per heavy atom. The fourth-order valence-electron chi connectivity index (χ4n) is 3.24. The van der Waals surface area contributed by atoms with E-state index in [1.165, 1.54) is 30.7 Å². The lowest BCUT2D eigenvalue weighted by atomic mass is 10.0. The lowest BCUT2D eigenvalue weighted by Gasteiger charge is -2.20. The van der Waals surface area contributed by atoms with Crippen molar-refractivity contribution in [1.29, 1.82) is 0 Å². The van der Waals surface area contributed by atoms with Crippen LogP contribution in [-0.2, 0) is 4.79 Å². The van der Waals surface area contributed by atoms with Crippen LogP contribution in [0.2, 0.25) is 0 Å². The van der Waals surface area contributed by atoms with Gasteiger partial charge in [-0.25, -0.2) is 5.10 Å². The van der Waals surface area contributed by atoms with Crippen LogP contribution < -0.4 is 16.2 Å². The normalized spacial score (nSPS) is 11.9. The Hall–Kier alpha value is -4.66. The maximum absolute atomic E-state index is 12.8. The number of benzene rings is 2. The molecular weight excluding hydrogens is 420 g/mol. The average Bonchev–Trinajstić information content (AvgIpc) is 2.85. The molecule has 3 N–H and O–H groups in total. The highest BCUT2D eigenvalue weighted by Gasteiger charge is 2.17. The van der Waals surface area contributed by atoms with E-state index in [1.54, 1.807) is 12.3 Å². The van der Waals surface area contributed by atoms with Gasteiger partial charge in [0.25, 0.3) is 11.5 Å². The molecule has 2 aromatic carbocycles. The third-order valence-electron chi connectivity index (χ3n) is 4.88. The van der Waals surface area contributed by atoms with Crippen LogP contribution in [0.4, 0.5) is 0 Å². The van der Waals surface area contributed by atoms with Crippen molar-refractivity contribution in [2.45, 2.75) is 6.04 Å². The van der Waals surface area contributed by atoms with E-state index in [0.29, 0.717) is 5.69 Å². The van der Waals surface area contributed by atoms with Crippen LogP contribution in [0.25, 0.3) is 16.8 Å². The molecule has 1 atom stereocenters. The Balaban J connectivity index is 1.53. The van der Waals surface area contributed by atoms with Crippen molar-refractivity contribution in [1.82, 2.24) is 30.8 Å². The molecule has 2 heterocycles. The molecule has 4 rings (SSSR count). The summed E-state index contributed by atoms with van der Waals surface area (Å²) in [7, 11) is 0. The zero-order valence-electron chi connectivity index (χ0n) is 17.4. The maximum atomic E-state index is 12.8. The number of fused-ring (bicyclic) bond motifs is 1. The van der Waals surface area contributed by atoms with E-state index in [1.807, 2.05) is 42.5 Å². The molecule has 33 heavy (non-hydrogen) atoms. The molecule has 0 fully saturated rings. The molecule has 0 radical (unpaired) electrons. The molecule has 9 heteroatoms. The molecule has 1 unspecified atom stereocenters. The van der Waals surface area contributed by atoms with Gasteiger partial charge in [0.05, 0.1) is 29.7 Å². The summed E-state index contributed by atoms with van der Waals surface area (Å²) in [5, 5.41) is 13.6. The smallest absolute Gasteiger partial charge is 0.264 e. The van der Waals surface area contributed by atoms with E-state index >= 15 is 0 Å². The summed E-state index contributed by atoms with van der Waals surface area (Å²) in [6.45, 7) is 0.129. The molecule has 164 valence electrons. The Bertz CT molecular complexity index is 1370. The molecule has 9 nitrogen and oxygen atoms in total. The molecular formula is C24H20N6O3. The largest absolute Gasteiger partial charge is 0.350 e. The monoisotopic (exact) mass is 440 g/mol. The lowest BCUT2D eigenvalue weighted by molar-refractivity contribution is -0.116. The highest BCUT2D eigenvalue weighted by atomic mass is 16.2. The van der Waals surface area contributed by atoms with Gasteiger partial charge in [-0.2, -0.15) is 5.10 Å². The number of hydrogen-bond acceptors (Lipinski definition) is 6. The molecule has 0 spiro atoms. The Morgan fingerprint density at radius 2 is 1.88 bits per heavy atom. The predicted octanol–water partition coefficient (Wildman–Crippen LogP) is 2.01. The molecule has 0 saturated heterocycles. The number of H-pyrrole nitrogens is 1. The van der Waals surface area contributed by atoms with Crippen LogP contribution in [0.15, 0.2) is 84.2 Å². The van der Waals surface area contributed by atoms with Crippen molar-refractivity contribution in [3.8, 4) is 0 Å². The standard InChI is InChI=1S/C24H20N6O3/c31-22(8-7-20-14-25-9-10-26-20)27-15-21(29-24(33)19-12-23(32)30-28-13-19)18-6-5-16-3-1-2-4-17(16)11-18/h1-14,21H,15H2,(H,27,31)(H,29,33)(H,30,32)/b8-7+. The Kier molecular flexibility index (Phi) is 6.60. The van der Waals surface area contributed by atoms with Crippen LogP contribution >= 0.6 is 0 Å². The summed E-state index contributed by atoms with van der Waals surface area (Å²) in [5.41, 5.74) is 0.998. The minimum absolute atomic E-state index is 0.124. The van der Waals surface area contributed by atoms with E-state index in [2.05, 4.69) is 30.8 Å². The molecule has 0 aliphatic carbocycles. The fourth-order valence-corrected chi connectivity index (χ4v) is 3.24. The van der Waals surface area contributed by atoms with E-state index in [-0.39, 0.29) is 18.0 Å². The van der Waals surface area contributed by atoms with Gasteiger partial charge in [0, 0.05) is 31.1 Å². The second-order valence-corrected chi connectivity index (χ2v) is 7.18. The zero-order chi connectivity index (χ0) is 23.0. The maximum Gasteiger partial charge on any atom is 0.264 e. The van der Waals surface area contributed by atoms with Crippen LogP contribution in [0, 0.1) is 0 Å². The van der Waals surface area contributed by atoms with E-state index < -0.39 is 17.5 Å². The van der Waals surface area contributed by atoms with Crippen molar-refractivity contribution in [2.75, 3.05) is 6.54 Å². The van der Waals surface area contributed by atoms with Crippen molar-refractivity contribution in [3.63, 3.8) is 0 Å². The summed E-state index contributed by atoms with van der Waals surface area (Å²) in [6, 6.07) is 14.3. The van der Waals surface area contributed by atoms with Crippen molar-refractivity contribution < 1.29 is 9.59 Å². The molecule has 0 aliphatic heterocycles. The number of carbonyl (C=O) groups is 2. The first kappa shape index (κ1) is 21.6. The number of nitrogens with zero attached hydrogens (tertiary/aromatic N) is 3. The zero-order valence-corrected chi connectivity index (χ0v) is 17.4. The number of nitrogens with one attached hydrogen (secondary N) is 3. The summed E-state index contributed by atoms with van der Waals surface area (Å²) in [4.78, 5) is 44.7. The predicted molar refractivity (Wildman–Crippen MR) is 123 cm³/mol. The number of hydrogen-bond donors (Lipinski definition) is 3. The number of aromatic nitrogens is 4. The van der Waals surface area contributed by atoms with Gasteiger partial charge in [0.2, 0.25) is 5.91 Å². The van der Waals surface area contributed by atoms with Crippen LogP contribution in [0.5, 0.6) is 0 Å². The van der Waals surface area contributed by atoms with Crippen molar-refractivity contribution >= 4 is 28.7 Å². The molecule has 0 aliphatic rings. The highest BCUT2D eigenvalue weighted by molar-refractivity contribution is 5.94. The molecule has 4 aromatic rings. The number of carbonyl (C=O) groups excluding carboxylic acids is 2. The Morgan fingerprint density at radius 3 is 2.67 bits per heavy atom. The Labute approximate surface area is 188 Å². The fraction of sp³-hybridized carbons (Fsp3) is 0.0833. The first-order valence-corrected chi connectivity index (χ1v) is 10.1. The molecule has 0 saturated carbocycles. The number of rotatable bonds is 7. The topological polar surface area (TPSA) is 130 Å². The van der Waals surface area contributed by atoms with Gasteiger partial charge >= 0.3 is 0 Å². The van der Waals surface area contributed by atoms with Crippen LogP contribution in [-0.4, -0.2) is 38.5 Å². The third-order valence-corrected chi connectivity index (χ3v) is 4.88. The summed E-state index contributed by atoms with van der Waals surface area (Å²) < 4.78 is 0. The van der Waals surface area contributed by atoms with E-state index in [4.69, 9.17) is 0 Å². The second-order valence-electron chi connectivity index (χ2n) is 7.18. The number of aromatic amines is 1. The van der Waals surface area contributed by atoms with E-state index in [0.717, 1.165) is 16.3 Å². The molecule has 2 amide bonds. The number of amides is 2. The van der Waals surface area contributed by atoms with Crippen molar-refractivity contribution in [2.24, 2.45) is 0 Å². The summed E-state index contributed by atoms with van der Waals surface area (Å²) >= 11 is 0. The average molecular weight is 440 g/mol.